The van der Waals surface area contributed by atoms with Crippen LogP contribution >= 0.6 is 15.9 Å². The predicted octanol–water partition coefficient (Wildman–Crippen LogP) is 2.06. The Bertz CT molecular complexity index is 358. The van der Waals surface area contributed by atoms with E-state index in [0.29, 0.717) is 17.4 Å². The Kier molecular flexibility index (Phi) is 4.35. The summed E-state index contributed by atoms with van der Waals surface area (Å²) < 4.78 is 18.8. The van der Waals surface area contributed by atoms with Crippen molar-refractivity contribution >= 4 is 15.9 Å². The zero-order valence-electron chi connectivity index (χ0n) is 8.60. The normalized spacial score (nSPS) is 10.4. The third-order valence-corrected chi connectivity index (χ3v) is 2.67. The number of aromatic hydroxyl groups is 1. The van der Waals surface area contributed by atoms with Crippen molar-refractivity contribution in [1.29, 1.82) is 0 Å². The summed E-state index contributed by atoms with van der Waals surface area (Å²) in [7, 11) is 3.20. The average Bonchev–Trinajstić information content (AvgIpc) is 2.23. The molecule has 0 amide bonds. The molecule has 0 atom stereocenters. The molecular formula is C10H13BrFNO2. The molecule has 0 radical (unpaired) electrons. The number of hydrogen-bond donors (Lipinski definition) is 2. The van der Waals surface area contributed by atoms with Crippen LogP contribution in [0.2, 0.25) is 0 Å². The monoisotopic (exact) mass is 277 g/mol. The van der Waals surface area contributed by atoms with Crippen molar-refractivity contribution in [1.82, 2.24) is 5.32 Å². The summed E-state index contributed by atoms with van der Waals surface area (Å²) in [5.74, 6) is -0.300. The van der Waals surface area contributed by atoms with Crippen molar-refractivity contribution < 1.29 is 14.2 Å². The van der Waals surface area contributed by atoms with Crippen LogP contribution in [0.4, 0.5) is 4.39 Å². The third kappa shape index (κ3) is 2.60. The molecule has 2 N–H and O–H groups in total. The summed E-state index contributed by atoms with van der Waals surface area (Å²) in [6.07, 6.45) is 0.407. The fourth-order valence-electron chi connectivity index (χ4n) is 1.28. The number of halogens is 2. The second kappa shape index (κ2) is 5.32. The number of phenols is 1. The van der Waals surface area contributed by atoms with E-state index in [9.17, 15) is 9.50 Å². The van der Waals surface area contributed by atoms with Crippen LogP contribution < -0.4 is 10.1 Å². The van der Waals surface area contributed by atoms with Gasteiger partial charge in [-0.05, 0) is 35.9 Å². The van der Waals surface area contributed by atoms with E-state index in [-0.39, 0.29) is 17.1 Å². The van der Waals surface area contributed by atoms with Gasteiger partial charge in [0.05, 0.1) is 11.6 Å². The van der Waals surface area contributed by atoms with E-state index < -0.39 is 5.82 Å². The van der Waals surface area contributed by atoms with Gasteiger partial charge in [-0.15, -0.1) is 0 Å². The molecule has 1 aromatic rings. The standard InChI is InChI=1S/C10H13BrFNO2/c1-13-4-3-6-9(12)7(11)5-8(15-2)10(6)14/h5,13-14H,3-4H2,1-2H3. The van der Waals surface area contributed by atoms with Gasteiger partial charge in [-0.3, -0.25) is 0 Å². The quantitative estimate of drug-likeness (QED) is 0.885. The van der Waals surface area contributed by atoms with Gasteiger partial charge in [-0.2, -0.15) is 0 Å². The second-order valence-corrected chi connectivity index (χ2v) is 3.91. The molecule has 84 valence electrons. The molecule has 0 saturated carbocycles. The van der Waals surface area contributed by atoms with Gasteiger partial charge in [0.1, 0.15) is 5.82 Å². The maximum Gasteiger partial charge on any atom is 0.164 e. The smallest absolute Gasteiger partial charge is 0.164 e. The van der Waals surface area contributed by atoms with E-state index in [1.54, 1.807) is 7.05 Å². The highest BCUT2D eigenvalue weighted by atomic mass is 79.9. The molecule has 1 aromatic carbocycles. The lowest BCUT2D eigenvalue weighted by molar-refractivity contribution is 0.366. The van der Waals surface area contributed by atoms with Crippen LogP contribution in [0.1, 0.15) is 5.56 Å². The van der Waals surface area contributed by atoms with Crippen molar-refractivity contribution in [3.63, 3.8) is 0 Å². The summed E-state index contributed by atoms with van der Waals surface area (Å²) in [6.45, 7) is 0.587. The van der Waals surface area contributed by atoms with E-state index in [0.717, 1.165) is 0 Å². The van der Waals surface area contributed by atoms with E-state index in [2.05, 4.69) is 21.2 Å². The number of benzene rings is 1. The van der Waals surface area contributed by atoms with Crippen LogP contribution in [-0.4, -0.2) is 25.8 Å². The molecule has 0 spiro atoms. The molecule has 0 fully saturated rings. The second-order valence-electron chi connectivity index (χ2n) is 3.06. The molecule has 0 aliphatic carbocycles. The first-order valence-electron chi connectivity index (χ1n) is 4.50. The van der Waals surface area contributed by atoms with Gasteiger partial charge in [0.25, 0.3) is 0 Å². The van der Waals surface area contributed by atoms with Gasteiger partial charge in [0, 0.05) is 11.6 Å². The Morgan fingerprint density at radius 1 is 1.60 bits per heavy atom. The minimum Gasteiger partial charge on any atom is -0.504 e. The zero-order valence-corrected chi connectivity index (χ0v) is 10.2. The Morgan fingerprint density at radius 2 is 2.27 bits per heavy atom. The van der Waals surface area contributed by atoms with Crippen LogP contribution in [0.15, 0.2) is 10.5 Å². The first-order chi connectivity index (χ1) is 7.11. The molecule has 0 bridgehead atoms. The molecule has 0 aromatic heterocycles. The van der Waals surface area contributed by atoms with Gasteiger partial charge < -0.3 is 15.2 Å². The van der Waals surface area contributed by atoms with Gasteiger partial charge in [0.15, 0.2) is 11.5 Å². The van der Waals surface area contributed by atoms with Crippen molar-refractivity contribution in [2.45, 2.75) is 6.42 Å². The number of likely N-dealkylation sites (N-methyl/N-ethyl adjacent to an activating group) is 1. The fourth-order valence-corrected chi connectivity index (χ4v) is 1.72. The average molecular weight is 278 g/mol. The van der Waals surface area contributed by atoms with Crippen molar-refractivity contribution in [2.75, 3.05) is 20.7 Å². The number of ether oxygens (including phenoxy) is 1. The summed E-state index contributed by atoms with van der Waals surface area (Å²) in [5.41, 5.74) is 0.260. The maximum atomic E-state index is 13.6. The third-order valence-electron chi connectivity index (χ3n) is 2.10. The molecule has 3 nitrogen and oxygen atoms in total. The largest absolute Gasteiger partial charge is 0.504 e. The molecule has 0 unspecified atom stereocenters. The Labute approximate surface area is 96.4 Å². The highest BCUT2D eigenvalue weighted by Crippen LogP contribution is 2.36. The minimum atomic E-state index is -0.441. The SMILES string of the molecule is CNCCc1c(O)c(OC)cc(Br)c1F. The number of rotatable bonds is 4. The van der Waals surface area contributed by atoms with Crippen LogP contribution in [0.3, 0.4) is 0 Å². The van der Waals surface area contributed by atoms with Crippen LogP contribution in [0.5, 0.6) is 11.5 Å². The highest BCUT2D eigenvalue weighted by Gasteiger charge is 2.16. The van der Waals surface area contributed by atoms with Crippen molar-refractivity contribution in [3.8, 4) is 11.5 Å². The van der Waals surface area contributed by atoms with E-state index >= 15 is 0 Å². The molecule has 0 saturated heterocycles. The molecule has 0 heterocycles. The number of methoxy groups -OCH3 is 1. The predicted molar refractivity (Wildman–Crippen MR) is 59.9 cm³/mol. The minimum absolute atomic E-state index is 0.131. The Balaban J connectivity index is 3.15. The highest BCUT2D eigenvalue weighted by molar-refractivity contribution is 9.10. The number of phenolic OH excluding ortho intramolecular Hbond substituents is 1. The molecule has 0 aliphatic heterocycles. The molecule has 0 aliphatic rings. The van der Waals surface area contributed by atoms with Crippen LogP contribution in [0, 0.1) is 5.82 Å². The van der Waals surface area contributed by atoms with E-state index in [1.807, 2.05) is 0 Å². The van der Waals surface area contributed by atoms with Crippen LogP contribution in [-0.2, 0) is 6.42 Å². The molecular weight excluding hydrogens is 265 g/mol. The lowest BCUT2D eigenvalue weighted by Crippen LogP contribution is -2.11. The van der Waals surface area contributed by atoms with Crippen molar-refractivity contribution in [2.24, 2.45) is 0 Å². The van der Waals surface area contributed by atoms with Gasteiger partial charge in [-0.25, -0.2) is 4.39 Å². The maximum absolute atomic E-state index is 13.6. The Hall–Kier alpha value is -0.810. The lowest BCUT2D eigenvalue weighted by Gasteiger charge is -2.11. The van der Waals surface area contributed by atoms with E-state index in [1.165, 1.54) is 13.2 Å². The summed E-state index contributed by atoms with van der Waals surface area (Å²) in [5, 5.41) is 12.6. The number of nitrogens with one attached hydrogen (secondary N) is 1. The first kappa shape index (κ1) is 12.3. The van der Waals surface area contributed by atoms with Crippen LogP contribution in [0.25, 0.3) is 0 Å². The molecule has 1 rings (SSSR count). The molecule has 15 heavy (non-hydrogen) atoms. The number of hydrogen-bond acceptors (Lipinski definition) is 3. The summed E-state index contributed by atoms with van der Waals surface area (Å²) in [6, 6.07) is 1.41. The first-order valence-corrected chi connectivity index (χ1v) is 5.29. The van der Waals surface area contributed by atoms with Gasteiger partial charge in [0.2, 0.25) is 0 Å². The topological polar surface area (TPSA) is 41.5 Å². The van der Waals surface area contributed by atoms with Crippen molar-refractivity contribution in [3.05, 3.63) is 21.9 Å². The van der Waals surface area contributed by atoms with E-state index in [4.69, 9.17) is 4.74 Å². The zero-order chi connectivity index (χ0) is 11.4. The summed E-state index contributed by atoms with van der Waals surface area (Å²) in [4.78, 5) is 0. The molecule has 5 heteroatoms. The Morgan fingerprint density at radius 3 is 2.80 bits per heavy atom. The van der Waals surface area contributed by atoms with Gasteiger partial charge in [-0.1, -0.05) is 0 Å². The summed E-state index contributed by atoms with van der Waals surface area (Å²) >= 11 is 3.08. The fraction of sp³-hybridized carbons (Fsp3) is 0.400. The van der Waals surface area contributed by atoms with Gasteiger partial charge >= 0.3 is 0 Å². The lowest BCUT2D eigenvalue weighted by atomic mass is 10.1.